The fourth-order valence-corrected chi connectivity index (χ4v) is 3.00. The van der Waals surface area contributed by atoms with Crippen LogP contribution in [0.4, 0.5) is 0 Å². The zero-order valence-corrected chi connectivity index (χ0v) is 16.1. The number of rotatable bonds is 6. The number of carbonyl (C=O) groups excluding carboxylic acids is 1. The monoisotopic (exact) mass is 434 g/mol. The van der Waals surface area contributed by atoms with Crippen molar-refractivity contribution in [1.82, 2.24) is 0 Å². The molecule has 5 atom stereocenters. The number of hydrogen-bond acceptors (Lipinski definition) is 10. The summed E-state index contributed by atoms with van der Waals surface area (Å²) in [5.74, 6) is -1.61. The van der Waals surface area contributed by atoms with Gasteiger partial charge in [-0.25, -0.2) is 0 Å². The normalized spacial score (nSPS) is 26.1. The number of allylic oxidation sites excluding steroid dienone is 1. The molecule has 1 fully saturated rings. The molecule has 31 heavy (non-hydrogen) atoms. The van der Waals surface area contributed by atoms with Crippen LogP contribution in [-0.2, 0) is 4.74 Å². The number of aromatic hydroxyl groups is 3. The maximum absolute atomic E-state index is 12.4. The number of aliphatic hydroxyl groups is 4. The molecule has 10 heteroatoms. The molecule has 1 heterocycles. The number of ether oxygens (including phenoxy) is 2. The zero-order valence-electron chi connectivity index (χ0n) is 16.1. The summed E-state index contributed by atoms with van der Waals surface area (Å²) in [6.07, 6.45) is -4.80. The lowest BCUT2D eigenvalue weighted by molar-refractivity contribution is -0.277. The van der Waals surface area contributed by atoms with Crippen LogP contribution in [0.5, 0.6) is 23.0 Å². The summed E-state index contributed by atoms with van der Waals surface area (Å²) in [6, 6.07) is 7.72. The van der Waals surface area contributed by atoms with E-state index >= 15 is 0 Å². The van der Waals surface area contributed by atoms with Gasteiger partial charge in [0, 0.05) is 6.07 Å². The van der Waals surface area contributed by atoms with E-state index in [0.29, 0.717) is 5.56 Å². The molecule has 0 unspecified atom stereocenters. The molecule has 3 rings (SSSR count). The highest BCUT2D eigenvalue weighted by Crippen LogP contribution is 2.29. The molecule has 2 aromatic carbocycles. The van der Waals surface area contributed by atoms with Gasteiger partial charge in [-0.1, -0.05) is 12.1 Å². The SMILES string of the molecule is O=C(C=Cc1ccc(O)c(O)c1)c1ccc(O[C@@H]2O[C@H](CO)[C@@H](O)[C@H](O)[C@H]2O)cc1O. The molecule has 1 aliphatic heterocycles. The van der Waals surface area contributed by atoms with Crippen LogP contribution in [0.25, 0.3) is 6.08 Å². The quantitative estimate of drug-likeness (QED) is 0.184. The summed E-state index contributed by atoms with van der Waals surface area (Å²) in [4.78, 5) is 12.4. The van der Waals surface area contributed by atoms with Crippen LogP contribution < -0.4 is 4.74 Å². The maximum atomic E-state index is 12.4. The second-order valence-corrected chi connectivity index (χ2v) is 6.94. The van der Waals surface area contributed by atoms with E-state index in [0.717, 1.165) is 6.07 Å². The van der Waals surface area contributed by atoms with Gasteiger partial charge < -0.3 is 45.2 Å². The number of benzene rings is 2. The van der Waals surface area contributed by atoms with Gasteiger partial charge in [-0.05, 0) is 35.9 Å². The Morgan fingerprint density at radius 3 is 2.32 bits per heavy atom. The molecule has 1 aliphatic rings. The van der Waals surface area contributed by atoms with Crippen LogP contribution in [-0.4, -0.2) is 78.8 Å². The van der Waals surface area contributed by atoms with E-state index in [1.54, 1.807) is 0 Å². The lowest BCUT2D eigenvalue weighted by atomic mass is 9.99. The van der Waals surface area contributed by atoms with Crippen LogP contribution in [0.15, 0.2) is 42.5 Å². The number of phenolic OH excluding ortho intramolecular Hbond substituents is 3. The van der Waals surface area contributed by atoms with Crippen LogP contribution in [0.1, 0.15) is 15.9 Å². The fraction of sp³-hybridized carbons (Fsp3) is 0.286. The second-order valence-electron chi connectivity index (χ2n) is 6.94. The molecular weight excluding hydrogens is 412 g/mol. The summed E-state index contributed by atoms with van der Waals surface area (Å²) in [5, 5.41) is 67.8. The van der Waals surface area contributed by atoms with Gasteiger partial charge in [0.05, 0.1) is 12.2 Å². The van der Waals surface area contributed by atoms with Gasteiger partial charge in [-0.2, -0.15) is 0 Å². The Labute approximate surface area is 176 Å². The lowest BCUT2D eigenvalue weighted by Crippen LogP contribution is -2.60. The molecule has 0 saturated carbocycles. The summed E-state index contributed by atoms with van der Waals surface area (Å²) >= 11 is 0. The first-order valence-electron chi connectivity index (χ1n) is 9.26. The van der Waals surface area contributed by atoms with Crippen LogP contribution >= 0.6 is 0 Å². The Morgan fingerprint density at radius 2 is 1.68 bits per heavy atom. The van der Waals surface area contributed by atoms with E-state index in [4.69, 9.17) is 9.47 Å². The predicted molar refractivity (Wildman–Crippen MR) is 106 cm³/mol. The third-order valence-electron chi connectivity index (χ3n) is 4.76. The van der Waals surface area contributed by atoms with Crippen molar-refractivity contribution in [3.8, 4) is 23.0 Å². The van der Waals surface area contributed by atoms with E-state index in [2.05, 4.69) is 0 Å². The van der Waals surface area contributed by atoms with Gasteiger partial charge in [-0.3, -0.25) is 4.79 Å². The number of carbonyl (C=O) groups is 1. The molecule has 0 aromatic heterocycles. The van der Waals surface area contributed by atoms with Crippen molar-refractivity contribution in [1.29, 1.82) is 0 Å². The van der Waals surface area contributed by atoms with Gasteiger partial charge in [0.15, 0.2) is 17.3 Å². The van der Waals surface area contributed by atoms with E-state index in [9.17, 15) is 40.5 Å². The predicted octanol–water partition coefficient (Wildman–Crippen LogP) is -0.122. The standard InChI is InChI=1S/C21H22O10/c22-9-17-18(27)19(28)20(29)21(31-17)30-11-3-4-12(15(25)8-11)13(23)5-1-10-2-6-14(24)16(26)7-10/h1-8,17-22,24-29H,9H2/t17-,18-,19+,20-,21-/m1/s1. The number of hydrogen-bond donors (Lipinski definition) is 7. The largest absolute Gasteiger partial charge is 0.507 e. The Bertz CT molecular complexity index is 971. The van der Waals surface area contributed by atoms with E-state index in [1.807, 2.05) is 0 Å². The molecular formula is C21H22O10. The molecule has 0 spiro atoms. The molecule has 0 bridgehead atoms. The van der Waals surface area contributed by atoms with E-state index < -0.39 is 48.8 Å². The Hall–Kier alpha value is -3.15. The smallest absolute Gasteiger partial charge is 0.229 e. The van der Waals surface area contributed by atoms with Crippen molar-refractivity contribution in [3.05, 3.63) is 53.6 Å². The molecule has 10 nitrogen and oxygen atoms in total. The number of aliphatic hydroxyl groups excluding tert-OH is 4. The van der Waals surface area contributed by atoms with Crippen molar-refractivity contribution in [2.45, 2.75) is 30.7 Å². The first kappa shape index (κ1) is 22.5. The fourth-order valence-electron chi connectivity index (χ4n) is 3.00. The maximum Gasteiger partial charge on any atom is 0.229 e. The third kappa shape index (κ3) is 4.95. The zero-order chi connectivity index (χ0) is 22.7. The van der Waals surface area contributed by atoms with E-state index in [-0.39, 0.29) is 22.8 Å². The second kappa shape index (κ2) is 9.33. The average molecular weight is 434 g/mol. The first-order valence-corrected chi connectivity index (χ1v) is 9.26. The van der Waals surface area contributed by atoms with Crippen molar-refractivity contribution in [2.75, 3.05) is 6.61 Å². The summed E-state index contributed by atoms with van der Waals surface area (Å²) in [6.45, 7) is -0.616. The highest BCUT2D eigenvalue weighted by Gasteiger charge is 2.44. The van der Waals surface area contributed by atoms with Crippen LogP contribution in [0, 0.1) is 0 Å². The topological polar surface area (TPSA) is 177 Å². The van der Waals surface area contributed by atoms with Crippen molar-refractivity contribution in [3.63, 3.8) is 0 Å². The Balaban J connectivity index is 1.71. The molecule has 1 saturated heterocycles. The first-order chi connectivity index (χ1) is 14.7. The molecule has 166 valence electrons. The number of phenols is 3. The van der Waals surface area contributed by atoms with Crippen LogP contribution in [0.3, 0.4) is 0 Å². The molecule has 0 aliphatic carbocycles. The summed E-state index contributed by atoms with van der Waals surface area (Å²) in [7, 11) is 0. The minimum atomic E-state index is -1.62. The molecule has 7 N–H and O–H groups in total. The Kier molecular flexibility index (Phi) is 6.78. The minimum absolute atomic E-state index is 0.00539. The van der Waals surface area contributed by atoms with Gasteiger partial charge in [0.2, 0.25) is 6.29 Å². The summed E-state index contributed by atoms with van der Waals surface area (Å²) in [5.41, 5.74) is 0.395. The summed E-state index contributed by atoms with van der Waals surface area (Å²) < 4.78 is 10.6. The van der Waals surface area contributed by atoms with Crippen molar-refractivity contribution in [2.24, 2.45) is 0 Å². The van der Waals surface area contributed by atoms with Crippen molar-refractivity contribution >= 4 is 11.9 Å². The molecule has 0 radical (unpaired) electrons. The molecule has 0 amide bonds. The minimum Gasteiger partial charge on any atom is -0.507 e. The molecule has 2 aromatic rings. The lowest BCUT2D eigenvalue weighted by Gasteiger charge is -2.39. The van der Waals surface area contributed by atoms with Gasteiger partial charge in [-0.15, -0.1) is 0 Å². The van der Waals surface area contributed by atoms with Gasteiger partial charge in [0.1, 0.15) is 35.9 Å². The van der Waals surface area contributed by atoms with Gasteiger partial charge in [0.25, 0.3) is 0 Å². The highest BCUT2D eigenvalue weighted by atomic mass is 16.7. The van der Waals surface area contributed by atoms with E-state index in [1.165, 1.54) is 42.5 Å². The highest BCUT2D eigenvalue weighted by molar-refractivity contribution is 6.08. The van der Waals surface area contributed by atoms with Crippen molar-refractivity contribution < 1.29 is 50.0 Å². The average Bonchev–Trinajstić information content (AvgIpc) is 2.74. The number of ketones is 1. The van der Waals surface area contributed by atoms with Gasteiger partial charge >= 0.3 is 0 Å². The third-order valence-corrected chi connectivity index (χ3v) is 4.76. The van der Waals surface area contributed by atoms with Crippen LogP contribution in [0.2, 0.25) is 0 Å². The Morgan fingerprint density at radius 1 is 0.935 bits per heavy atom.